The van der Waals surface area contributed by atoms with Gasteiger partial charge in [-0.2, -0.15) is 0 Å². The van der Waals surface area contributed by atoms with E-state index in [9.17, 15) is 4.39 Å². The van der Waals surface area contributed by atoms with E-state index in [-0.39, 0.29) is 5.69 Å². The van der Waals surface area contributed by atoms with Crippen LogP contribution in [-0.4, -0.2) is 24.2 Å². The zero-order valence-corrected chi connectivity index (χ0v) is 17.0. The molecule has 4 nitrogen and oxygen atoms in total. The number of nitrogens with zero attached hydrogens (tertiary/aromatic N) is 2. The molecule has 26 heavy (non-hydrogen) atoms. The van der Waals surface area contributed by atoms with Crippen LogP contribution in [0.2, 0.25) is 30.7 Å². The molecule has 0 radical (unpaired) electrons. The number of rotatable bonds is 6. The van der Waals surface area contributed by atoms with Crippen molar-refractivity contribution in [3.8, 4) is 11.1 Å². The molecule has 2 N–H and O–H groups in total. The van der Waals surface area contributed by atoms with E-state index < -0.39 is 13.9 Å². The summed E-state index contributed by atoms with van der Waals surface area (Å²) in [5.41, 5.74) is 8.25. The fourth-order valence-corrected chi connectivity index (χ4v) is 3.85. The Balaban J connectivity index is 1.92. The summed E-state index contributed by atoms with van der Waals surface area (Å²) in [7, 11) is -1.14. The Hall–Kier alpha value is -1.89. The summed E-state index contributed by atoms with van der Waals surface area (Å²) in [6.45, 7) is 8.00. The third-order valence-electron chi connectivity index (χ3n) is 4.26. The SMILES string of the molecule is C[Si](C)(C)CCOCn1cnc2ccc(-c3cccc(N)c3F)c(Cl)c21. The minimum atomic E-state index is -1.14. The molecule has 2 aromatic carbocycles. The fraction of sp³-hybridized carbons (Fsp3) is 0.316. The third kappa shape index (κ3) is 3.92. The van der Waals surface area contributed by atoms with Gasteiger partial charge in [-0.25, -0.2) is 9.37 Å². The van der Waals surface area contributed by atoms with Crippen molar-refractivity contribution in [3.63, 3.8) is 0 Å². The van der Waals surface area contributed by atoms with E-state index in [0.29, 0.717) is 29.5 Å². The number of ether oxygens (including phenoxy) is 1. The van der Waals surface area contributed by atoms with Gasteiger partial charge in [0.25, 0.3) is 0 Å². The van der Waals surface area contributed by atoms with Gasteiger partial charge in [-0.3, -0.25) is 0 Å². The van der Waals surface area contributed by atoms with Crippen LogP contribution in [0.5, 0.6) is 0 Å². The van der Waals surface area contributed by atoms with Crippen LogP contribution in [0.25, 0.3) is 22.2 Å². The molecule has 0 aliphatic rings. The molecule has 0 spiro atoms. The maximum absolute atomic E-state index is 14.4. The van der Waals surface area contributed by atoms with Crippen LogP contribution in [0, 0.1) is 5.82 Å². The van der Waals surface area contributed by atoms with Gasteiger partial charge in [0.15, 0.2) is 5.82 Å². The van der Waals surface area contributed by atoms with Gasteiger partial charge >= 0.3 is 0 Å². The summed E-state index contributed by atoms with van der Waals surface area (Å²) in [6.07, 6.45) is 1.70. The highest BCUT2D eigenvalue weighted by atomic mass is 35.5. The van der Waals surface area contributed by atoms with Gasteiger partial charge in [-0.05, 0) is 18.2 Å². The minimum Gasteiger partial charge on any atom is -0.396 e. The number of halogens is 2. The number of fused-ring (bicyclic) bond motifs is 1. The lowest BCUT2D eigenvalue weighted by Crippen LogP contribution is -2.22. The smallest absolute Gasteiger partial charge is 0.153 e. The number of benzene rings is 2. The maximum Gasteiger partial charge on any atom is 0.153 e. The van der Waals surface area contributed by atoms with E-state index in [1.165, 1.54) is 6.07 Å². The van der Waals surface area contributed by atoms with E-state index >= 15 is 0 Å². The molecule has 0 aliphatic carbocycles. The highest BCUT2D eigenvalue weighted by molar-refractivity contribution is 6.76. The van der Waals surface area contributed by atoms with Gasteiger partial charge in [-0.15, -0.1) is 0 Å². The van der Waals surface area contributed by atoms with Gasteiger partial charge in [0.05, 0.1) is 28.1 Å². The largest absolute Gasteiger partial charge is 0.396 e. The van der Waals surface area contributed by atoms with Crippen LogP contribution in [-0.2, 0) is 11.5 Å². The van der Waals surface area contributed by atoms with E-state index in [1.807, 2.05) is 10.6 Å². The van der Waals surface area contributed by atoms with E-state index in [4.69, 9.17) is 22.1 Å². The Morgan fingerprint density at radius 1 is 1.19 bits per heavy atom. The highest BCUT2D eigenvalue weighted by Gasteiger charge is 2.17. The molecule has 3 rings (SSSR count). The highest BCUT2D eigenvalue weighted by Crippen LogP contribution is 2.36. The van der Waals surface area contributed by atoms with Crippen molar-refractivity contribution in [2.45, 2.75) is 32.4 Å². The number of nitrogen functional groups attached to an aromatic ring is 1. The predicted molar refractivity (Wildman–Crippen MR) is 109 cm³/mol. The average molecular weight is 392 g/mol. The Bertz CT molecular complexity index is 936. The summed E-state index contributed by atoms with van der Waals surface area (Å²) in [5.74, 6) is -0.466. The molecule has 3 aromatic rings. The summed E-state index contributed by atoms with van der Waals surface area (Å²) in [6, 6.07) is 9.60. The number of nitrogens with two attached hydrogens (primary N) is 1. The lowest BCUT2D eigenvalue weighted by molar-refractivity contribution is 0.0898. The Labute approximate surface area is 158 Å². The van der Waals surface area contributed by atoms with Crippen molar-refractivity contribution in [3.05, 3.63) is 47.5 Å². The Morgan fingerprint density at radius 2 is 1.96 bits per heavy atom. The van der Waals surface area contributed by atoms with Crippen LogP contribution in [0.15, 0.2) is 36.7 Å². The molecule has 0 amide bonds. The summed E-state index contributed by atoms with van der Waals surface area (Å²) in [5, 5.41) is 0.443. The molecule has 7 heteroatoms. The quantitative estimate of drug-likeness (QED) is 0.348. The van der Waals surface area contributed by atoms with Crippen molar-refractivity contribution in [1.29, 1.82) is 0 Å². The van der Waals surface area contributed by atoms with Crippen molar-refractivity contribution in [2.24, 2.45) is 0 Å². The van der Waals surface area contributed by atoms with Gasteiger partial charge in [0.1, 0.15) is 6.73 Å². The number of anilines is 1. The van der Waals surface area contributed by atoms with Crippen LogP contribution < -0.4 is 5.73 Å². The molecular weight excluding hydrogens is 369 g/mol. The lowest BCUT2D eigenvalue weighted by atomic mass is 10.0. The van der Waals surface area contributed by atoms with Crippen molar-refractivity contribution >= 4 is 36.4 Å². The van der Waals surface area contributed by atoms with Crippen LogP contribution in [0.3, 0.4) is 0 Å². The van der Waals surface area contributed by atoms with Crippen LogP contribution >= 0.6 is 11.6 Å². The molecule has 1 aromatic heterocycles. The van der Waals surface area contributed by atoms with Crippen LogP contribution in [0.1, 0.15) is 0 Å². The molecule has 0 unspecified atom stereocenters. The summed E-state index contributed by atoms with van der Waals surface area (Å²) in [4.78, 5) is 4.37. The molecule has 0 saturated carbocycles. The van der Waals surface area contributed by atoms with Crippen molar-refractivity contribution in [2.75, 3.05) is 12.3 Å². The van der Waals surface area contributed by atoms with E-state index in [2.05, 4.69) is 24.6 Å². The monoisotopic (exact) mass is 391 g/mol. The topological polar surface area (TPSA) is 53.1 Å². The molecule has 0 saturated heterocycles. The zero-order valence-electron chi connectivity index (χ0n) is 15.2. The number of aromatic nitrogens is 2. The van der Waals surface area contributed by atoms with Gasteiger partial charge in [-0.1, -0.05) is 49.4 Å². The van der Waals surface area contributed by atoms with Crippen molar-refractivity contribution < 1.29 is 9.13 Å². The van der Waals surface area contributed by atoms with Gasteiger partial charge in [0, 0.05) is 25.8 Å². The Morgan fingerprint density at radius 3 is 2.69 bits per heavy atom. The van der Waals surface area contributed by atoms with Gasteiger partial charge < -0.3 is 15.0 Å². The van der Waals surface area contributed by atoms with E-state index in [1.54, 1.807) is 24.5 Å². The predicted octanol–water partition coefficient (Wildman–Crippen LogP) is 5.39. The molecule has 0 bridgehead atoms. The summed E-state index contributed by atoms with van der Waals surface area (Å²) < 4.78 is 22.1. The normalized spacial score (nSPS) is 12.0. The van der Waals surface area contributed by atoms with Crippen molar-refractivity contribution in [1.82, 2.24) is 9.55 Å². The number of imidazole rings is 1. The first-order valence-corrected chi connectivity index (χ1v) is 12.6. The first-order chi connectivity index (χ1) is 12.3. The first-order valence-electron chi connectivity index (χ1n) is 8.53. The molecule has 1 heterocycles. The second-order valence-corrected chi connectivity index (χ2v) is 13.6. The molecule has 0 fully saturated rings. The number of hydrogen-bond donors (Lipinski definition) is 1. The molecule has 0 atom stereocenters. The summed E-state index contributed by atoms with van der Waals surface area (Å²) >= 11 is 6.62. The van der Waals surface area contributed by atoms with Gasteiger partial charge in [0.2, 0.25) is 0 Å². The maximum atomic E-state index is 14.4. The molecule has 138 valence electrons. The minimum absolute atomic E-state index is 0.0989. The average Bonchev–Trinajstić information content (AvgIpc) is 2.98. The first kappa shape index (κ1) is 18.9. The Kier molecular flexibility index (Phi) is 5.36. The molecule has 0 aliphatic heterocycles. The molecular formula is C19H23ClFN3OSi. The number of hydrogen-bond acceptors (Lipinski definition) is 3. The fourth-order valence-electron chi connectivity index (χ4n) is 2.73. The second-order valence-electron chi connectivity index (χ2n) is 7.57. The zero-order chi connectivity index (χ0) is 18.9. The second kappa shape index (κ2) is 7.38. The standard InChI is InChI=1S/C19H23ClFN3OSi/c1-26(2,3)10-9-25-12-24-11-23-16-8-7-13(17(20)19(16)24)14-5-4-6-15(22)18(14)21/h4-8,11H,9-10,12,22H2,1-3H3. The third-order valence-corrected chi connectivity index (χ3v) is 6.35. The lowest BCUT2D eigenvalue weighted by Gasteiger charge is -2.16. The van der Waals surface area contributed by atoms with Crippen LogP contribution in [0.4, 0.5) is 10.1 Å². The van der Waals surface area contributed by atoms with E-state index in [0.717, 1.165) is 17.1 Å².